The van der Waals surface area contributed by atoms with Crippen LogP contribution in [0.25, 0.3) is 0 Å². The molecule has 0 spiro atoms. The van der Waals surface area contributed by atoms with Crippen LogP contribution in [0.4, 0.5) is 0 Å². The van der Waals surface area contributed by atoms with Gasteiger partial charge in [0.05, 0.1) is 7.11 Å². The van der Waals surface area contributed by atoms with Crippen LogP contribution in [0.2, 0.25) is 0 Å². The average molecular weight is 350 g/mol. The van der Waals surface area contributed by atoms with E-state index in [2.05, 4.69) is 19.9 Å². The number of rotatable bonds is 13. The number of allylic oxidation sites excluding steroid dienone is 4. The van der Waals surface area contributed by atoms with Gasteiger partial charge in [-0.1, -0.05) is 63.8 Å². The number of hydrogen-bond acceptors (Lipinski definition) is 4. The van der Waals surface area contributed by atoms with Gasteiger partial charge in [-0.05, 0) is 31.8 Å². The maximum Gasteiger partial charge on any atom is 0.334 e. The Morgan fingerprint density at radius 2 is 1.76 bits per heavy atom. The smallest absolute Gasteiger partial charge is 0.334 e. The molecule has 0 aliphatic rings. The molecule has 1 atom stereocenters. The second kappa shape index (κ2) is 15.7. The van der Waals surface area contributed by atoms with Gasteiger partial charge in [-0.2, -0.15) is 0 Å². The summed E-state index contributed by atoms with van der Waals surface area (Å²) in [7, 11) is 1.38. The number of unbranched alkanes of at least 4 members (excludes halogenated alkanes) is 4. The van der Waals surface area contributed by atoms with Crippen molar-refractivity contribution in [1.29, 1.82) is 0 Å². The number of ether oxygens (including phenoxy) is 2. The third-order valence-electron chi connectivity index (χ3n) is 3.71. The second-order valence-corrected chi connectivity index (χ2v) is 6.03. The van der Waals surface area contributed by atoms with Crippen molar-refractivity contribution in [2.24, 2.45) is 0 Å². The number of carbonyl (C=O) groups excluding carboxylic acids is 2. The highest BCUT2D eigenvalue weighted by Crippen LogP contribution is 2.11. The summed E-state index contributed by atoms with van der Waals surface area (Å²) in [6.07, 6.45) is 17.1. The zero-order valence-electron chi connectivity index (χ0n) is 16.3. The molecule has 0 heterocycles. The van der Waals surface area contributed by atoms with Crippen molar-refractivity contribution in [3.63, 3.8) is 0 Å². The van der Waals surface area contributed by atoms with E-state index in [4.69, 9.17) is 9.47 Å². The fourth-order valence-corrected chi connectivity index (χ4v) is 2.30. The van der Waals surface area contributed by atoms with Crippen molar-refractivity contribution in [3.8, 4) is 0 Å². The lowest BCUT2D eigenvalue weighted by atomic mass is 10.1. The van der Waals surface area contributed by atoms with Gasteiger partial charge in [-0.15, -0.1) is 0 Å². The molecule has 0 radical (unpaired) electrons. The molecule has 0 N–H and O–H groups in total. The summed E-state index contributed by atoms with van der Waals surface area (Å²) in [6, 6.07) is 0. The molecule has 0 fully saturated rings. The molecule has 0 aromatic carbocycles. The third-order valence-corrected chi connectivity index (χ3v) is 3.71. The first-order valence-corrected chi connectivity index (χ1v) is 9.32. The summed E-state index contributed by atoms with van der Waals surface area (Å²) in [5, 5.41) is 0. The first kappa shape index (κ1) is 23.2. The molecule has 0 saturated carbocycles. The molecule has 0 saturated heterocycles. The van der Waals surface area contributed by atoms with Crippen LogP contribution in [-0.2, 0) is 19.1 Å². The predicted molar refractivity (Wildman–Crippen MR) is 102 cm³/mol. The highest BCUT2D eigenvalue weighted by atomic mass is 16.5. The summed E-state index contributed by atoms with van der Waals surface area (Å²) in [5.41, 5.74) is 0.585. The van der Waals surface area contributed by atoms with Gasteiger partial charge >= 0.3 is 11.9 Å². The molecular weight excluding hydrogens is 316 g/mol. The second-order valence-electron chi connectivity index (χ2n) is 6.03. The van der Waals surface area contributed by atoms with Crippen molar-refractivity contribution < 1.29 is 19.1 Å². The van der Waals surface area contributed by atoms with E-state index in [9.17, 15) is 9.59 Å². The molecule has 0 aliphatic carbocycles. The van der Waals surface area contributed by atoms with Crippen LogP contribution in [0.1, 0.15) is 72.1 Å². The zero-order chi connectivity index (χ0) is 18.9. The standard InChI is InChI=1S/C21H34O4/c1-5-7-9-10-12-14-19(21(23)24-4)15-13-17-20(25-18(3)22)16-11-8-6-2/h10,12-13,15,17,20H,5-9,11,14,16H2,1-4H3/b12-10-,17-13+,19-15+. The molecule has 4 nitrogen and oxygen atoms in total. The number of esters is 2. The molecule has 0 rings (SSSR count). The van der Waals surface area contributed by atoms with Crippen LogP contribution in [0.15, 0.2) is 36.0 Å². The van der Waals surface area contributed by atoms with Crippen molar-refractivity contribution in [3.05, 3.63) is 36.0 Å². The minimum atomic E-state index is -0.334. The summed E-state index contributed by atoms with van der Waals surface area (Å²) < 4.78 is 10.1. The van der Waals surface area contributed by atoms with Gasteiger partial charge in [0, 0.05) is 12.5 Å². The highest BCUT2D eigenvalue weighted by molar-refractivity contribution is 5.89. The van der Waals surface area contributed by atoms with E-state index < -0.39 is 0 Å². The van der Waals surface area contributed by atoms with Crippen LogP contribution >= 0.6 is 0 Å². The van der Waals surface area contributed by atoms with Crippen molar-refractivity contribution in [2.45, 2.75) is 78.2 Å². The van der Waals surface area contributed by atoms with E-state index in [1.54, 1.807) is 12.2 Å². The topological polar surface area (TPSA) is 52.6 Å². The van der Waals surface area contributed by atoms with Crippen LogP contribution in [-0.4, -0.2) is 25.2 Å². The maximum atomic E-state index is 11.9. The van der Waals surface area contributed by atoms with Crippen LogP contribution in [0.5, 0.6) is 0 Å². The third kappa shape index (κ3) is 13.2. The molecular formula is C21H34O4. The fraction of sp³-hybridized carbons (Fsp3) is 0.619. The Bertz CT molecular complexity index is 461. The Morgan fingerprint density at radius 1 is 1.04 bits per heavy atom. The molecule has 25 heavy (non-hydrogen) atoms. The van der Waals surface area contributed by atoms with E-state index in [1.165, 1.54) is 14.0 Å². The molecule has 0 bridgehead atoms. The SMILES string of the molecule is CCCC/C=C\C/C(=C\C=C\C(CCCCC)OC(C)=O)C(=O)OC. The molecule has 0 amide bonds. The monoisotopic (exact) mass is 350 g/mol. The van der Waals surface area contributed by atoms with Crippen LogP contribution in [0, 0.1) is 0 Å². The number of hydrogen-bond donors (Lipinski definition) is 0. The van der Waals surface area contributed by atoms with Gasteiger partial charge in [0.25, 0.3) is 0 Å². The fourth-order valence-electron chi connectivity index (χ4n) is 2.30. The normalized spacial score (nSPS) is 13.4. The molecule has 0 aliphatic heterocycles. The first-order chi connectivity index (χ1) is 12.0. The summed E-state index contributed by atoms with van der Waals surface area (Å²) >= 11 is 0. The largest absolute Gasteiger partial charge is 0.466 e. The van der Waals surface area contributed by atoms with E-state index in [1.807, 2.05) is 12.2 Å². The van der Waals surface area contributed by atoms with Crippen molar-refractivity contribution in [1.82, 2.24) is 0 Å². The molecule has 0 aromatic rings. The summed E-state index contributed by atoms with van der Waals surface area (Å²) in [4.78, 5) is 23.1. The Labute approximate surface area is 153 Å². The lowest BCUT2D eigenvalue weighted by molar-refractivity contribution is -0.144. The molecule has 0 aromatic heterocycles. The summed E-state index contributed by atoms with van der Waals surface area (Å²) in [6.45, 7) is 5.70. The van der Waals surface area contributed by atoms with E-state index in [-0.39, 0.29) is 18.0 Å². The van der Waals surface area contributed by atoms with Crippen molar-refractivity contribution in [2.75, 3.05) is 7.11 Å². The molecule has 4 heteroatoms. The lowest BCUT2D eigenvalue weighted by Crippen LogP contribution is -2.13. The Morgan fingerprint density at radius 3 is 2.36 bits per heavy atom. The van der Waals surface area contributed by atoms with Crippen LogP contribution in [0.3, 0.4) is 0 Å². The van der Waals surface area contributed by atoms with Gasteiger partial charge in [0.2, 0.25) is 0 Å². The average Bonchev–Trinajstić information content (AvgIpc) is 2.58. The quantitative estimate of drug-likeness (QED) is 0.149. The minimum Gasteiger partial charge on any atom is -0.466 e. The van der Waals surface area contributed by atoms with Crippen LogP contribution < -0.4 is 0 Å². The van der Waals surface area contributed by atoms with Gasteiger partial charge < -0.3 is 9.47 Å². The van der Waals surface area contributed by atoms with E-state index in [0.717, 1.165) is 44.9 Å². The number of carbonyl (C=O) groups is 2. The van der Waals surface area contributed by atoms with Crippen molar-refractivity contribution >= 4 is 11.9 Å². The molecule has 1 unspecified atom stereocenters. The van der Waals surface area contributed by atoms with E-state index in [0.29, 0.717) is 12.0 Å². The maximum absolute atomic E-state index is 11.9. The summed E-state index contributed by atoms with van der Waals surface area (Å²) in [5.74, 6) is -0.623. The Balaban J connectivity index is 4.81. The predicted octanol–water partition coefficient (Wildman–Crippen LogP) is 5.29. The highest BCUT2D eigenvalue weighted by Gasteiger charge is 2.09. The zero-order valence-corrected chi connectivity index (χ0v) is 16.3. The van der Waals surface area contributed by atoms with Gasteiger partial charge in [-0.3, -0.25) is 4.79 Å². The first-order valence-electron chi connectivity index (χ1n) is 9.32. The molecule has 142 valence electrons. The lowest BCUT2D eigenvalue weighted by Gasteiger charge is -2.12. The number of methoxy groups -OCH3 is 1. The van der Waals surface area contributed by atoms with Gasteiger partial charge in [0.1, 0.15) is 6.10 Å². The Hall–Kier alpha value is -1.84. The Kier molecular flexibility index (Phi) is 14.5. The van der Waals surface area contributed by atoms with Gasteiger partial charge in [-0.25, -0.2) is 4.79 Å². The van der Waals surface area contributed by atoms with E-state index >= 15 is 0 Å². The minimum absolute atomic E-state index is 0.251. The van der Waals surface area contributed by atoms with Gasteiger partial charge in [0.15, 0.2) is 0 Å².